The van der Waals surface area contributed by atoms with Gasteiger partial charge in [-0.15, -0.1) is 0 Å². The highest BCUT2D eigenvalue weighted by molar-refractivity contribution is 5.90. The third-order valence-electron chi connectivity index (χ3n) is 4.97. The molecule has 5 heteroatoms. The Kier molecular flexibility index (Phi) is 3.19. The second-order valence-corrected chi connectivity index (χ2v) is 7.64. The summed E-state index contributed by atoms with van der Waals surface area (Å²) < 4.78 is 7.92. The van der Waals surface area contributed by atoms with E-state index in [-0.39, 0.29) is 17.0 Å². The van der Waals surface area contributed by atoms with E-state index in [1.165, 1.54) is 12.3 Å². The maximum Gasteiger partial charge on any atom is 0.341 e. The quantitative estimate of drug-likeness (QED) is 0.725. The van der Waals surface area contributed by atoms with Gasteiger partial charge in [-0.3, -0.25) is 4.79 Å². The first-order valence-electron chi connectivity index (χ1n) is 8.27. The molecule has 3 heterocycles. The Morgan fingerprint density at radius 3 is 2.68 bits per heavy atom. The highest BCUT2D eigenvalue weighted by atomic mass is 16.4. The number of fused-ring (bicyclic) bond motifs is 5. The van der Waals surface area contributed by atoms with Crippen LogP contribution in [0.1, 0.15) is 42.7 Å². The third kappa shape index (κ3) is 2.30. The molecule has 5 nitrogen and oxygen atoms in total. The maximum absolute atomic E-state index is 12.3. The van der Waals surface area contributed by atoms with Crippen LogP contribution >= 0.6 is 0 Å². The van der Waals surface area contributed by atoms with Crippen molar-refractivity contribution in [2.45, 2.75) is 33.2 Å². The number of aromatic carboxylic acids is 1. The summed E-state index contributed by atoms with van der Waals surface area (Å²) >= 11 is 0. The van der Waals surface area contributed by atoms with Gasteiger partial charge < -0.3 is 14.1 Å². The van der Waals surface area contributed by atoms with Crippen LogP contribution in [0.5, 0.6) is 0 Å². The van der Waals surface area contributed by atoms with Gasteiger partial charge in [-0.25, -0.2) is 4.79 Å². The number of nitrogens with zero attached hydrogens (tertiary/aromatic N) is 1. The van der Waals surface area contributed by atoms with Crippen molar-refractivity contribution in [3.05, 3.63) is 57.9 Å². The molecule has 1 aromatic carbocycles. The van der Waals surface area contributed by atoms with Crippen molar-refractivity contribution < 1.29 is 14.3 Å². The Bertz CT molecular complexity index is 1070. The Hall–Kier alpha value is -2.82. The monoisotopic (exact) mass is 337 g/mol. The second-order valence-electron chi connectivity index (χ2n) is 7.64. The van der Waals surface area contributed by atoms with Crippen molar-refractivity contribution in [2.75, 3.05) is 0 Å². The molecule has 2 aromatic heterocycles. The molecular formula is C20H19NO4. The molecule has 4 rings (SSSR count). The largest absolute Gasteiger partial charge is 0.477 e. The number of hydrogen-bond donors (Lipinski definition) is 1. The topological polar surface area (TPSA) is 72.4 Å². The van der Waals surface area contributed by atoms with E-state index in [4.69, 9.17) is 4.42 Å². The normalized spacial score (nSPS) is 16.5. The summed E-state index contributed by atoms with van der Waals surface area (Å²) in [7, 11) is 0. The lowest BCUT2D eigenvalue weighted by Crippen LogP contribution is -2.32. The molecule has 0 fully saturated rings. The van der Waals surface area contributed by atoms with Crippen molar-refractivity contribution in [2.24, 2.45) is 5.41 Å². The van der Waals surface area contributed by atoms with Crippen LogP contribution in [0.2, 0.25) is 0 Å². The van der Waals surface area contributed by atoms with E-state index in [1.807, 2.05) is 28.8 Å². The van der Waals surface area contributed by atoms with Crippen LogP contribution in [0.3, 0.4) is 0 Å². The summed E-state index contributed by atoms with van der Waals surface area (Å²) in [6, 6.07) is 9.24. The van der Waals surface area contributed by atoms with Gasteiger partial charge in [0.15, 0.2) is 11.2 Å². The van der Waals surface area contributed by atoms with Crippen molar-refractivity contribution in [3.8, 4) is 11.5 Å². The summed E-state index contributed by atoms with van der Waals surface area (Å²) in [6.45, 7) is 6.35. The molecule has 1 N–H and O–H groups in total. The molecule has 0 bridgehead atoms. The molecule has 3 aromatic rings. The summed E-state index contributed by atoms with van der Waals surface area (Å²) in [4.78, 5) is 23.7. The fourth-order valence-electron chi connectivity index (χ4n) is 3.67. The fraction of sp³-hybridized carbons (Fsp3) is 0.300. The van der Waals surface area contributed by atoms with Crippen LogP contribution in [0.25, 0.3) is 22.4 Å². The number of rotatable bonds is 1. The molecule has 1 aliphatic heterocycles. The molecule has 0 unspecified atom stereocenters. The van der Waals surface area contributed by atoms with Gasteiger partial charge in [0.2, 0.25) is 0 Å². The zero-order valence-electron chi connectivity index (χ0n) is 14.4. The number of carboxylic acid groups (broad SMARTS) is 1. The molecule has 0 radical (unpaired) electrons. The van der Waals surface area contributed by atoms with E-state index < -0.39 is 11.4 Å². The molecular weight excluding hydrogens is 318 g/mol. The minimum absolute atomic E-state index is 0.0229. The Morgan fingerprint density at radius 2 is 2.00 bits per heavy atom. The van der Waals surface area contributed by atoms with Gasteiger partial charge in [-0.05, 0) is 17.9 Å². The number of benzene rings is 1. The minimum Gasteiger partial charge on any atom is -0.477 e. The second kappa shape index (κ2) is 5.09. The summed E-state index contributed by atoms with van der Waals surface area (Å²) in [6.07, 6.45) is 2.19. The van der Waals surface area contributed by atoms with E-state index in [1.54, 1.807) is 0 Å². The van der Waals surface area contributed by atoms with E-state index in [9.17, 15) is 14.7 Å². The molecule has 0 amide bonds. The Balaban J connectivity index is 2.08. The first kappa shape index (κ1) is 15.7. The number of pyridine rings is 1. The number of carboxylic acids is 1. The fourth-order valence-corrected chi connectivity index (χ4v) is 3.67. The zero-order chi connectivity index (χ0) is 17.9. The molecule has 1 atom stereocenters. The van der Waals surface area contributed by atoms with Crippen LogP contribution in [0.15, 0.2) is 45.7 Å². The molecule has 25 heavy (non-hydrogen) atoms. The minimum atomic E-state index is -1.21. The number of hydrogen-bond acceptors (Lipinski definition) is 3. The first-order chi connectivity index (χ1) is 11.8. The number of furan rings is 1. The molecule has 1 aliphatic rings. The average molecular weight is 337 g/mol. The van der Waals surface area contributed by atoms with Gasteiger partial charge >= 0.3 is 5.97 Å². The van der Waals surface area contributed by atoms with Gasteiger partial charge in [-0.2, -0.15) is 0 Å². The molecule has 128 valence electrons. The van der Waals surface area contributed by atoms with E-state index in [2.05, 4.69) is 20.8 Å². The Labute approximate surface area is 144 Å². The van der Waals surface area contributed by atoms with Crippen LogP contribution < -0.4 is 5.43 Å². The zero-order valence-corrected chi connectivity index (χ0v) is 14.4. The standard InChI is InChI=1S/C20H19NO4/c1-20(2,3)17-8-12-11-6-4-5-7-16(11)25-18(12)14-9-15(22)13(19(23)24)10-21(14)17/h4-7,9-10,17H,8H2,1-3H3,(H,23,24)/t17-/m1/s1. The highest BCUT2D eigenvalue weighted by Gasteiger charge is 2.36. The van der Waals surface area contributed by atoms with Crippen LogP contribution in [-0.4, -0.2) is 15.6 Å². The van der Waals surface area contributed by atoms with Crippen LogP contribution in [-0.2, 0) is 6.42 Å². The van der Waals surface area contributed by atoms with Gasteiger partial charge in [0, 0.05) is 29.3 Å². The predicted octanol–water partition coefficient (Wildman–Crippen LogP) is 4.10. The Morgan fingerprint density at radius 1 is 1.28 bits per heavy atom. The van der Waals surface area contributed by atoms with Crippen LogP contribution in [0.4, 0.5) is 0 Å². The van der Waals surface area contributed by atoms with Gasteiger partial charge in [0.25, 0.3) is 0 Å². The van der Waals surface area contributed by atoms with E-state index >= 15 is 0 Å². The molecule has 0 saturated heterocycles. The van der Waals surface area contributed by atoms with E-state index in [0.29, 0.717) is 11.5 Å². The van der Waals surface area contributed by atoms with Crippen LogP contribution in [0, 0.1) is 5.41 Å². The summed E-state index contributed by atoms with van der Waals surface area (Å²) in [5.41, 5.74) is 1.68. The van der Waals surface area contributed by atoms with E-state index in [0.717, 1.165) is 23.0 Å². The first-order valence-corrected chi connectivity index (χ1v) is 8.27. The summed E-state index contributed by atoms with van der Waals surface area (Å²) in [5, 5.41) is 10.4. The SMILES string of the molecule is CC(C)(C)[C@H]1Cc2c(oc3ccccc23)-c2cc(=O)c(C(=O)O)cn21. The third-order valence-corrected chi connectivity index (χ3v) is 4.97. The van der Waals surface area contributed by atoms with Gasteiger partial charge in [0.1, 0.15) is 11.1 Å². The number of carbonyl (C=O) groups is 1. The summed E-state index contributed by atoms with van der Waals surface area (Å²) in [5.74, 6) is -0.542. The lowest BCUT2D eigenvalue weighted by atomic mass is 9.80. The average Bonchev–Trinajstić information content (AvgIpc) is 2.91. The molecule has 0 saturated carbocycles. The molecule has 0 aliphatic carbocycles. The van der Waals surface area contributed by atoms with Gasteiger partial charge in [-0.1, -0.05) is 39.0 Å². The maximum atomic E-state index is 12.3. The smallest absolute Gasteiger partial charge is 0.341 e. The highest BCUT2D eigenvalue weighted by Crippen LogP contribution is 2.45. The van der Waals surface area contributed by atoms with Crippen molar-refractivity contribution in [1.82, 2.24) is 4.57 Å². The lowest BCUT2D eigenvalue weighted by molar-refractivity contribution is 0.0693. The van der Waals surface area contributed by atoms with Crippen molar-refractivity contribution in [1.29, 1.82) is 0 Å². The lowest BCUT2D eigenvalue weighted by Gasteiger charge is -2.37. The van der Waals surface area contributed by atoms with Crippen molar-refractivity contribution in [3.63, 3.8) is 0 Å². The molecule has 0 spiro atoms. The number of aromatic nitrogens is 1. The number of para-hydroxylation sites is 1. The van der Waals surface area contributed by atoms with Gasteiger partial charge in [0.05, 0.1) is 5.69 Å². The van der Waals surface area contributed by atoms with Crippen molar-refractivity contribution >= 4 is 16.9 Å². The predicted molar refractivity (Wildman–Crippen MR) is 95.1 cm³/mol.